The van der Waals surface area contributed by atoms with E-state index in [9.17, 15) is 4.79 Å². The lowest BCUT2D eigenvalue weighted by Gasteiger charge is -2.45. The average Bonchev–Trinajstić information content (AvgIpc) is 3.06. The quantitative estimate of drug-likeness (QED) is 0.777. The molecule has 0 aliphatic carbocycles. The van der Waals surface area contributed by atoms with Crippen LogP contribution in [0.15, 0.2) is 30.3 Å². The predicted molar refractivity (Wildman–Crippen MR) is 68.4 cm³/mol. The summed E-state index contributed by atoms with van der Waals surface area (Å²) in [5, 5.41) is 0. The van der Waals surface area contributed by atoms with Gasteiger partial charge in [-0.3, -0.25) is 0 Å². The average molecular weight is 259 g/mol. The summed E-state index contributed by atoms with van der Waals surface area (Å²) in [6.45, 7) is 1.49. The van der Waals surface area contributed by atoms with E-state index in [1.54, 1.807) is 0 Å². The second-order valence-corrected chi connectivity index (χ2v) is 5.55. The molecule has 1 aromatic carbocycles. The molecule has 0 aromatic heterocycles. The maximum absolute atomic E-state index is 12.2. The van der Waals surface area contributed by atoms with Crippen molar-refractivity contribution in [1.82, 2.24) is 4.90 Å². The lowest BCUT2D eigenvalue weighted by atomic mass is 9.83. The van der Waals surface area contributed by atoms with E-state index in [1.165, 1.54) is 0 Å². The van der Waals surface area contributed by atoms with Crippen LogP contribution in [0.4, 0.5) is 4.79 Å². The van der Waals surface area contributed by atoms with Gasteiger partial charge in [-0.1, -0.05) is 30.3 Å². The molecule has 1 aromatic rings. The molecule has 3 aliphatic rings. The zero-order chi connectivity index (χ0) is 12.9. The highest BCUT2D eigenvalue weighted by atomic mass is 16.7. The van der Waals surface area contributed by atoms with Gasteiger partial charge >= 0.3 is 6.09 Å². The van der Waals surface area contributed by atoms with Crippen molar-refractivity contribution in [2.45, 2.75) is 31.1 Å². The summed E-state index contributed by atoms with van der Waals surface area (Å²) in [6, 6.07) is 10.2. The molecular weight excluding hydrogens is 242 g/mol. The normalized spacial score (nSPS) is 36.8. The van der Waals surface area contributed by atoms with Gasteiger partial charge in [-0.05, 0) is 19.3 Å². The highest BCUT2D eigenvalue weighted by Crippen LogP contribution is 2.50. The van der Waals surface area contributed by atoms with Gasteiger partial charge in [-0.2, -0.15) is 0 Å². The van der Waals surface area contributed by atoms with Gasteiger partial charge in [-0.25, -0.2) is 4.79 Å². The number of carbonyl (C=O) groups is 1. The van der Waals surface area contributed by atoms with Crippen LogP contribution in [-0.2, 0) is 15.3 Å². The molecule has 1 amide bonds. The first kappa shape index (κ1) is 11.3. The number of carbonyl (C=O) groups excluding carboxylic acids is 1. The molecule has 3 aliphatic heterocycles. The van der Waals surface area contributed by atoms with Gasteiger partial charge in [0.2, 0.25) is 5.79 Å². The van der Waals surface area contributed by atoms with E-state index in [2.05, 4.69) is 0 Å². The molecule has 4 heteroatoms. The molecule has 4 rings (SSSR count). The van der Waals surface area contributed by atoms with E-state index in [4.69, 9.17) is 9.47 Å². The third-order valence-electron chi connectivity index (χ3n) is 4.65. The standard InChI is InChI=1S/C15H17NO3/c17-14-16-9-4-7-13(16)12-8-10-18-15(12,19-14)11-5-2-1-3-6-11/h1-3,5-6,12-13H,4,7-10H2. The van der Waals surface area contributed by atoms with Crippen molar-refractivity contribution < 1.29 is 14.3 Å². The zero-order valence-corrected chi connectivity index (χ0v) is 10.7. The van der Waals surface area contributed by atoms with E-state index in [-0.39, 0.29) is 18.1 Å². The Morgan fingerprint density at radius 1 is 1.21 bits per heavy atom. The van der Waals surface area contributed by atoms with Crippen LogP contribution in [0.1, 0.15) is 24.8 Å². The van der Waals surface area contributed by atoms with Gasteiger partial charge < -0.3 is 14.4 Å². The van der Waals surface area contributed by atoms with Gasteiger partial charge in [0, 0.05) is 18.2 Å². The molecule has 3 unspecified atom stereocenters. The molecule has 100 valence electrons. The molecule has 0 bridgehead atoms. The van der Waals surface area contributed by atoms with Gasteiger partial charge in [0.15, 0.2) is 0 Å². The topological polar surface area (TPSA) is 38.8 Å². The Hall–Kier alpha value is -1.55. The second-order valence-electron chi connectivity index (χ2n) is 5.55. The van der Waals surface area contributed by atoms with Crippen molar-refractivity contribution in [3.63, 3.8) is 0 Å². The van der Waals surface area contributed by atoms with Crippen molar-refractivity contribution in [1.29, 1.82) is 0 Å². The Bertz CT molecular complexity index is 503. The van der Waals surface area contributed by atoms with E-state index < -0.39 is 5.79 Å². The van der Waals surface area contributed by atoms with Gasteiger partial charge in [0.05, 0.1) is 12.5 Å². The third kappa shape index (κ3) is 1.46. The molecule has 3 fully saturated rings. The monoisotopic (exact) mass is 259 g/mol. The van der Waals surface area contributed by atoms with E-state index >= 15 is 0 Å². The second kappa shape index (κ2) is 3.97. The highest BCUT2D eigenvalue weighted by molar-refractivity contribution is 5.70. The zero-order valence-electron chi connectivity index (χ0n) is 10.7. The number of amides is 1. The largest absolute Gasteiger partial charge is 0.412 e. The smallest absolute Gasteiger partial charge is 0.412 e. The van der Waals surface area contributed by atoms with Crippen LogP contribution in [0.3, 0.4) is 0 Å². The molecule has 3 heterocycles. The fraction of sp³-hybridized carbons (Fsp3) is 0.533. The third-order valence-corrected chi connectivity index (χ3v) is 4.65. The number of ether oxygens (including phenoxy) is 2. The number of rotatable bonds is 1. The van der Waals surface area contributed by atoms with Crippen LogP contribution >= 0.6 is 0 Å². The summed E-state index contributed by atoms with van der Waals surface area (Å²) in [5.41, 5.74) is 0.970. The first-order valence-corrected chi connectivity index (χ1v) is 7.00. The van der Waals surface area contributed by atoms with Crippen molar-refractivity contribution in [3.05, 3.63) is 35.9 Å². The fourth-order valence-electron chi connectivity index (χ4n) is 3.84. The van der Waals surface area contributed by atoms with E-state index in [0.29, 0.717) is 6.61 Å². The molecule has 19 heavy (non-hydrogen) atoms. The molecule has 0 N–H and O–H groups in total. The van der Waals surface area contributed by atoms with Gasteiger partial charge in [0.25, 0.3) is 0 Å². The van der Waals surface area contributed by atoms with Crippen LogP contribution in [0, 0.1) is 5.92 Å². The molecular formula is C15H17NO3. The summed E-state index contributed by atoms with van der Waals surface area (Å²) in [7, 11) is 0. The van der Waals surface area contributed by atoms with Crippen molar-refractivity contribution in [2.24, 2.45) is 5.92 Å². The SMILES string of the molecule is O=C1OC2(c3ccccc3)OCCC2C2CCCN12. The van der Waals surface area contributed by atoms with Gasteiger partial charge in [-0.15, -0.1) is 0 Å². The molecule has 0 spiro atoms. The first-order chi connectivity index (χ1) is 9.31. The Morgan fingerprint density at radius 3 is 2.89 bits per heavy atom. The number of hydrogen-bond acceptors (Lipinski definition) is 3. The van der Waals surface area contributed by atoms with Gasteiger partial charge in [0.1, 0.15) is 0 Å². The minimum Gasteiger partial charge on any atom is -0.412 e. The summed E-state index contributed by atoms with van der Waals surface area (Å²) in [4.78, 5) is 14.1. The van der Waals surface area contributed by atoms with Crippen LogP contribution in [0.25, 0.3) is 0 Å². The lowest BCUT2D eigenvalue weighted by molar-refractivity contribution is -0.235. The Balaban J connectivity index is 1.80. The summed E-state index contributed by atoms with van der Waals surface area (Å²) in [5.74, 6) is -0.584. The number of hydrogen-bond donors (Lipinski definition) is 0. The first-order valence-electron chi connectivity index (χ1n) is 7.00. The Morgan fingerprint density at radius 2 is 2.05 bits per heavy atom. The van der Waals surface area contributed by atoms with E-state index in [1.807, 2.05) is 35.2 Å². The lowest BCUT2D eigenvalue weighted by Crippen LogP contribution is -2.56. The van der Waals surface area contributed by atoms with Crippen molar-refractivity contribution in [3.8, 4) is 0 Å². The highest BCUT2D eigenvalue weighted by Gasteiger charge is 2.59. The number of fused-ring (bicyclic) bond motifs is 3. The summed E-state index contributed by atoms with van der Waals surface area (Å²) < 4.78 is 11.7. The summed E-state index contributed by atoms with van der Waals surface area (Å²) >= 11 is 0. The van der Waals surface area contributed by atoms with Crippen LogP contribution in [0.5, 0.6) is 0 Å². The molecule has 0 radical (unpaired) electrons. The fourth-order valence-corrected chi connectivity index (χ4v) is 3.84. The van der Waals surface area contributed by atoms with Crippen LogP contribution < -0.4 is 0 Å². The Kier molecular flexibility index (Phi) is 2.36. The molecule has 3 saturated heterocycles. The number of nitrogens with zero attached hydrogens (tertiary/aromatic N) is 1. The van der Waals surface area contributed by atoms with E-state index in [0.717, 1.165) is 31.4 Å². The van der Waals surface area contributed by atoms with Crippen LogP contribution in [-0.4, -0.2) is 30.2 Å². The Labute approximate surface area is 112 Å². The minimum absolute atomic E-state index is 0.218. The minimum atomic E-state index is -0.843. The van der Waals surface area contributed by atoms with Crippen molar-refractivity contribution >= 4 is 6.09 Å². The maximum atomic E-state index is 12.2. The summed E-state index contributed by atoms with van der Waals surface area (Å²) in [6.07, 6.45) is 2.88. The van der Waals surface area contributed by atoms with Crippen LogP contribution in [0.2, 0.25) is 0 Å². The number of benzene rings is 1. The molecule has 0 saturated carbocycles. The van der Waals surface area contributed by atoms with Crippen molar-refractivity contribution in [2.75, 3.05) is 13.2 Å². The molecule has 3 atom stereocenters. The maximum Gasteiger partial charge on any atom is 0.412 e. The molecule has 4 nitrogen and oxygen atoms in total. The predicted octanol–water partition coefficient (Wildman–Crippen LogP) is 2.49.